The van der Waals surface area contributed by atoms with Gasteiger partial charge in [-0.1, -0.05) is 12.1 Å². The van der Waals surface area contributed by atoms with Gasteiger partial charge in [0.25, 0.3) is 5.91 Å². The van der Waals surface area contributed by atoms with E-state index in [1.165, 1.54) is 0 Å². The van der Waals surface area contributed by atoms with Crippen molar-refractivity contribution in [1.29, 1.82) is 0 Å². The molecule has 0 aliphatic rings. The summed E-state index contributed by atoms with van der Waals surface area (Å²) in [6.07, 6.45) is 0. The first-order chi connectivity index (χ1) is 8.60. The molecule has 0 saturated carbocycles. The van der Waals surface area contributed by atoms with E-state index in [1.807, 2.05) is 52.3 Å². The average molecular weight is 412 g/mol. The standard InChI is InChI=1S/C13H22N4O.2BrH/c1-5-17(16(3)4)13(18)12-8-6-11(7-9-12)10-15-14-2;;/h6-9,14-15H,5,10H2,1-4H3;2*1H. The van der Waals surface area contributed by atoms with Crippen molar-refractivity contribution in [2.45, 2.75) is 13.5 Å². The molecule has 7 heteroatoms. The Morgan fingerprint density at radius 3 is 2.10 bits per heavy atom. The van der Waals surface area contributed by atoms with Gasteiger partial charge in [0.15, 0.2) is 0 Å². The Morgan fingerprint density at radius 2 is 1.70 bits per heavy atom. The minimum atomic E-state index is 0. The summed E-state index contributed by atoms with van der Waals surface area (Å²) >= 11 is 0. The highest BCUT2D eigenvalue weighted by Gasteiger charge is 2.15. The lowest BCUT2D eigenvalue weighted by atomic mass is 10.1. The van der Waals surface area contributed by atoms with E-state index in [-0.39, 0.29) is 39.9 Å². The van der Waals surface area contributed by atoms with Crippen molar-refractivity contribution in [2.24, 2.45) is 0 Å². The normalized spacial score (nSPS) is 9.65. The minimum Gasteiger partial charge on any atom is -0.272 e. The van der Waals surface area contributed by atoms with Crippen molar-refractivity contribution >= 4 is 39.9 Å². The maximum absolute atomic E-state index is 12.2. The molecule has 1 aromatic carbocycles. The molecule has 1 aromatic rings. The lowest BCUT2D eigenvalue weighted by molar-refractivity contribution is 0.0230. The highest BCUT2D eigenvalue weighted by molar-refractivity contribution is 8.93. The summed E-state index contributed by atoms with van der Waals surface area (Å²) in [5.41, 5.74) is 7.72. The van der Waals surface area contributed by atoms with Gasteiger partial charge in [0.1, 0.15) is 0 Å². The number of hydrogen-bond acceptors (Lipinski definition) is 4. The minimum absolute atomic E-state index is 0. The van der Waals surface area contributed by atoms with Crippen LogP contribution in [0.25, 0.3) is 0 Å². The zero-order valence-corrected chi connectivity index (χ0v) is 15.8. The van der Waals surface area contributed by atoms with Gasteiger partial charge in [0, 0.05) is 32.7 Å². The summed E-state index contributed by atoms with van der Waals surface area (Å²) in [7, 11) is 5.56. The highest BCUT2D eigenvalue weighted by Crippen LogP contribution is 2.08. The zero-order chi connectivity index (χ0) is 13.5. The molecule has 1 amide bonds. The number of hydrazine groups is 2. The van der Waals surface area contributed by atoms with Crippen LogP contribution in [-0.4, -0.2) is 43.6 Å². The monoisotopic (exact) mass is 410 g/mol. The van der Waals surface area contributed by atoms with Crippen LogP contribution in [0.5, 0.6) is 0 Å². The van der Waals surface area contributed by atoms with E-state index in [0.717, 1.165) is 12.1 Å². The molecule has 0 fully saturated rings. The molecule has 0 aliphatic carbocycles. The topological polar surface area (TPSA) is 47.6 Å². The van der Waals surface area contributed by atoms with Crippen molar-refractivity contribution in [1.82, 2.24) is 20.9 Å². The fourth-order valence-corrected chi connectivity index (χ4v) is 1.71. The van der Waals surface area contributed by atoms with Crippen molar-refractivity contribution in [3.8, 4) is 0 Å². The number of halogens is 2. The molecule has 1 rings (SSSR count). The smallest absolute Gasteiger partial charge is 0.268 e. The summed E-state index contributed by atoms with van der Waals surface area (Å²) in [5, 5.41) is 3.50. The molecule has 20 heavy (non-hydrogen) atoms. The fraction of sp³-hybridized carbons (Fsp3) is 0.462. The molecule has 0 unspecified atom stereocenters. The highest BCUT2D eigenvalue weighted by atomic mass is 79.9. The van der Waals surface area contributed by atoms with E-state index in [0.29, 0.717) is 12.1 Å². The molecule has 0 spiro atoms. The van der Waals surface area contributed by atoms with E-state index in [9.17, 15) is 4.79 Å². The maximum atomic E-state index is 12.2. The number of amides is 1. The van der Waals surface area contributed by atoms with Gasteiger partial charge in [-0.25, -0.2) is 5.01 Å². The molecular weight excluding hydrogens is 388 g/mol. The van der Waals surface area contributed by atoms with Crippen molar-refractivity contribution in [3.05, 3.63) is 35.4 Å². The van der Waals surface area contributed by atoms with Gasteiger partial charge in [-0.05, 0) is 31.7 Å². The SMILES string of the molecule is Br.Br.CCN(C(=O)c1ccc(CNNC)cc1)N(C)C. The average Bonchev–Trinajstić information content (AvgIpc) is 2.37. The van der Waals surface area contributed by atoms with Crippen LogP contribution in [-0.2, 0) is 6.54 Å². The summed E-state index contributed by atoms with van der Waals surface area (Å²) in [6, 6.07) is 7.64. The van der Waals surface area contributed by atoms with Crippen LogP contribution in [0.1, 0.15) is 22.8 Å². The molecule has 0 bridgehead atoms. The van der Waals surface area contributed by atoms with Crippen LogP contribution < -0.4 is 10.9 Å². The summed E-state index contributed by atoms with van der Waals surface area (Å²) in [6.45, 7) is 3.36. The molecular formula is C13H24Br2N4O. The van der Waals surface area contributed by atoms with Gasteiger partial charge in [0.2, 0.25) is 0 Å². The van der Waals surface area contributed by atoms with Gasteiger partial charge in [-0.3, -0.25) is 20.7 Å². The predicted octanol–water partition coefficient (Wildman–Crippen LogP) is 2.01. The Hall–Kier alpha value is -0.470. The van der Waals surface area contributed by atoms with Gasteiger partial charge >= 0.3 is 0 Å². The van der Waals surface area contributed by atoms with E-state index < -0.39 is 0 Å². The summed E-state index contributed by atoms with van der Waals surface area (Å²) < 4.78 is 0. The third kappa shape index (κ3) is 6.32. The van der Waals surface area contributed by atoms with Crippen molar-refractivity contribution in [2.75, 3.05) is 27.7 Å². The molecule has 5 nitrogen and oxygen atoms in total. The van der Waals surface area contributed by atoms with E-state index in [1.54, 1.807) is 10.0 Å². The van der Waals surface area contributed by atoms with Gasteiger partial charge < -0.3 is 0 Å². The number of nitrogens with one attached hydrogen (secondary N) is 2. The van der Waals surface area contributed by atoms with E-state index in [2.05, 4.69) is 10.9 Å². The molecule has 116 valence electrons. The Morgan fingerprint density at radius 1 is 1.15 bits per heavy atom. The van der Waals surface area contributed by atoms with Crippen LogP contribution in [0.3, 0.4) is 0 Å². The Labute approximate surface area is 142 Å². The van der Waals surface area contributed by atoms with Crippen molar-refractivity contribution in [3.63, 3.8) is 0 Å². The van der Waals surface area contributed by atoms with E-state index in [4.69, 9.17) is 0 Å². The first kappa shape index (κ1) is 21.8. The quantitative estimate of drug-likeness (QED) is 0.703. The molecule has 0 saturated heterocycles. The number of rotatable bonds is 6. The number of carbonyl (C=O) groups excluding carboxylic acids is 1. The molecule has 0 heterocycles. The Balaban J connectivity index is 0. The molecule has 0 atom stereocenters. The van der Waals surface area contributed by atoms with Crippen LogP contribution in [0.15, 0.2) is 24.3 Å². The molecule has 0 aliphatic heterocycles. The van der Waals surface area contributed by atoms with Crippen LogP contribution in [0.4, 0.5) is 0 Å². The molecule has 2 N–H and O–H groups in total. The number of carbonyl (C=O) groups is 1. The third-order valence-corrected chi connectivity index (χ3v) is 2.69. The first-order valence-electron chi connectivity index (χ1n) is 6.07. The predicted molar refractivity (Wildman–Crippen MR) is 93.4 cm³/mol. The number of hydrogen-bond donors (Lipinski definition) is 2. The fourth-order valence-electron chi connectivity index (χ4n) is 1.71. The van der Waals surface area contributed by atoms with E-state index >= 15 is 0 Å². The zero-order valence-electron chi connectivity index (χ0n) is 12.3. The second-order valence-electron chi connectivity index (χ2n) is 4.17. The van der Waals surface area contributed by atoms with Crippen molar-refractivity contribution < 1.29 is 4.79 Å². The van der Waals surface area contributed by atoms with Crippen LogP contribution in [0, 0.1) is 0 Å². The number of nitrogens with zero attached hydrogens (tertiary/aromatic N) is 2. The second kappa shape index (κ2) is 11.2. The van der Waals surface area contributed by atoms with Gasteiger partial charge in [-0.2, -0.15) is 0 Å². The maximum Gasteiger partial charge on any atom is 0.268 e. The molecule has 0 aromatic heterocycles. The third-order valence-electron chi connectivity index (χ3n) is 2.69. The Bertz CT molecular complexity index is 384. The van der Waals surface area contributed by atoms with Gasteiger partial charge in [0.05, 0.1) is 0 Å². The second-order valence-corrected chi connectivity index (χ2v) is 4.17. The number of benzene rings is 1. The van der Waals surface area contributed by atoms with Crippen LogP contribution >= 0.6 is 34.0 Å². The largest absolute Gasteiger partial charge is 0.272 e. The lowest BCUT2D eigenvalue weighted by Crippen LogP contribution is -2.41. The van der Waals surface area contributed by atoms with Gasteiger partial charge in [-0.15, -0.1) is 34.0 Å². The molecule has 0 radical (unpaired) electrons. The Kier molecular flexibility index (Phi) is 12.2. The summed E-state index contributed by atoms with van der Waals surface area (Å²) in [5.74, 6) is 0.0237. The summed E-state index contributed by atoms with van der Waals surface area (Å²) in [4.78, 5) is 12.2. The first-order valence-corrected chi connectivity index (χ1v) is 6.07. The van der Waals surface area contributed by atoms with Crippen LogP contribution in [0.2, 0.25) is 0 Å². The lowest BCUT2D eigenvalue weighted by Gasteiger charge is -2.27.